The van der Waals surface area contributed by atoms with Gasteiger partial charge < -0.3 is 10.6 Å². The van der Waals surface area contributed by atoms with Crippen molar-refractivity contribution in [3.05, 3.63) is 28.2 Å². The first-order valence-corrected chi connectivity index (χ1v) is 8.59. The zero-order valence-corrected chi connectivity index (χ0v) is 13.6. The number of hydrogen-bond acceptors (Lipinski definition) is 2. The van der Waals surface area contributed by atoms with Crippen LogP contribution in [-0.2, 0) is 0 Å². The standard InChI is InChI=1S/C16H21BrF2N2/c17-12-8-10(18)9-13(19)16(12)21-15-5-2-1-4-11(15)14-6-3-7-20-14/h8-9,11,14-15,20-21H,1-7H2. The van der Waals surface area contributed by atoms with Crippen LogP contribution in [0.25, 0.3) is 0 Å². The van der Waals surface area contributed by atoms with Crippen LogP contribution < -0.4 is 10.6 Å². The van der Waals surface area contributed by atoms with Crippen LogP contribution in [0.5, 0.6) is 0 Å². The van der Waals surface area contributed by atoms with Crippen molar-refractivity contribution in [3.8, 4) is 0 Å². The van der Waals surface area contributed by atoms with Crippen LogP contribution in [0.3, 0.4) is 0 Å². The van der Waals surface area contributed by atoms with Gasteiger partial charge >= 0.3 is 0 Å². The lowest BCUT2D eigenvalue weighted by Crippen LogP contribution is -2.43. The van der Waals surface area contributed by atoms with Gasteiger partial charge in [0.25, 0.3) is 0 Å². The molecule has 1 saturated heterocycles. The summed E-state index contributed by atoms with van der Waals surface area (Å²) in [7, 11) is 0. The van der Waals surface area contributed by atoms with Crippen molar-refractivity contribution in [1.82, 2.24) is 5.32 Å². The second kappa shape index (κ2) is 6.61. The highest BCUT2D eigenvalue weighted by Gasteiger charge is 2.33. The molecule has 1 aliphatic heterocycles. The average molecular weight is 359 g/mol. The summed E-state index contributed by atoms with van der Waals surface area (Å²) < 4.78 is 27.7. The lowest BCUT2D eigenvalue weighted by molar-refractivity contribution is 0.262. The number of rotatable bonds is 3. The maximum atomic E-state index is 14.0. The molecular formula is C16H21BrF2N2. The molecule has 1 aliphatic carbocycles. The minimum atomic E-state index is -0.553. The van der Waals surface area contributed by atoms with E-state index in [9.17, 15) is 8.78 Å². The Balaban J connectivity index is 1.78. The number of benzene rings is 1. The molecule has 1 aromatic carbocycles. The van der Waals surface area contributed by atoms with Crippen LogP contribution in [0, 0.1) is 17.6 Å². The summed E-state index contributed by atoms with van der Waals surface area (Å²) in [6.45, 7) is 1.09. The zero-order valence-electron chi connectivity index (χ0n) is 12.0. The fourth-order valence-corrected chi connectivity index (χ4v) is 4.29. The molecule has 21 heavy (non-hydrogen) atoms. The molecule has 2 N–H and O–H groups in total. The number of nitrogens with one attached hydrogen (secondary N) is 2. The predicted octanol–water partition coefficient (Wildman–Crippen LogP) is 4.45. The highest BCUT2D eigenvalue weighted by Crippen LogP contribution is 2.35. The van der Waals surface area contributed by atoms with Gasteiger partial charge in [0.1, 0.15) is 11.6 Å². The average Bonchev–Trinajstić information content (AvgIpc) is 2.97. The smallest absolute Gasteiger partial charge is 0.150 e. The first kappa shape index (κ1) is 15.2. The molecule has 2 nitrogen and oxygen atoms in total. The first-order valence-electron chi connectivity index (χ1n) is 7.79. The summed E-state index contributed by atoms with van der Waals surface area (Å²) in [5.41, 5.74) is 0.395. The lowest BCUT2D eigenvalue weighted by atomic mass is 9.79. The quantitative estimate of drug-likeness (QED) is 0.833. The summed E-state index contributed by atoms with van der Waals surface area (Å²) in [5.74, 6) is -0.550. The lowest BCUT2D eigenvalue weighted by Gasteiger charge is -2.37. The van der Waals surface area contributed by atoms with Crippen LogP contribution in [0.1, 0.15) is 38.5 Å². The van der Waals surface area contributed by atoms with E-state index in [-0.39, 0.29) is 6.04 Å². The van der Waals surface area contributed by atoms with Crippen LogP contribution in [0.2, 0.25) is 0 Å². The van der Waals surface area contributed by atoms with Gasteiger partial charge in [0.05, 0.1) is 5.69 Å². The van der Waals surface area contributed by atoms with E-state index in [1.54, 1.807) is 0 Å². The Labute approximate surface area is 132 Å². The molecule has 3 unspecified atom stereocenters. The predicted molar refractivity (Wildman–Crippen MR) is 84.5 cm³/mol. The van der Waals surface area contributed by atoms with Crippen molar-refractivity contribution in [1.29, 1.82) is 0 Å². The monoisotopic (exact) mass is 358 g/mol. The number of hydrogen-bond donors (Lipinski definition) is 2. The highest BCUT2D eigenvalue weighted by molar-refractivity contribution is 9.10. The van der Waals surface area contributed by atoms with Crippen molar-refractivity contribution in [2.75, 3.05) is 11.9 Å². The molecule has 5 heteroatoms. The number of halogens is 3. The van der Waals surface area contributed by atoms with Crippen LogP contribution in [-0.4, -0.2) is 18.6 Å². The fraction of sp³-hybridized carbons (Fsp3) is 0.625. The van der Waals surface area contributed by atoms with Gasteiger partial charge in [0, 0.05) is 22.6 Å². The normalized spacial score (nSPS) is 29.6. The topological polar surface area (TPSA) is 24.1 Å². The van der Waals surface area contributed by atoms with Gasteiger partial charge in [-0.1, -0.05) is 12.8 Å². The Morgan fingerprint density at radius 2 is 1.90 bits per heavy atom. The van der Waals surface area contributed by atoms with E-state index in [2.05, 4.69) is 26.6 Å². The molecular weight excluding hydrogens is 338 g/mol. The molecule has 0 spiro atoms. The molecule has 1 saturated carbocycles. The third-order valence-electron chi connectivity index (χ3n) is 4.77. The molecule has 0 radical (unpaired) electrons. The molecule has 1 heterocycles. The molecule has 3 rings (SSSR count). The van der Waals surface area contributed by atoms with Gasteiger partial charge in [-0.15, -0.1) is 0 Å². The van der Waals surface area contributed by atoms with Crippen LogP contribution in [0.15, 0.2) is 16.6 Å². The summed E-state index contributed by atoms with van der Waals surface area (Å²) in [6, 6.07) is 3.05. The molecule has 0 aromatic heterocycles. The molecule has 3 atom stereocenters. The van der Waals surface area contributed by atoms with Gasteiger partial charge in [0.15, 0.2) is 0 Å². The first-order chi connectivity index (χ1) is 10.1. The Kier molecular flexibility index (Phi) is 4.79. The largest absolute Gasteiger partial charge is 0.379 e. The van der Waals surface area contributed by atoms with Crippen LogP contribution >= 0.6 is 15.9 Å². The SMILES string of the molecule is Fc1cc(F)c(NC2CCCCC2C2CCCN2)c(Br)c1. The van der Waals surface area contributed by atoms with E-state index >= 15 is 0 Å². The number of anilines is 1. The van der Waals surface area contributed by atoms with E-state index < -0.39 is 11.6 Å². The van der Waals surface area contributed by atoms with Gasteiger partial charge in [-0.3, -0.25) is 0 Å². The fourth-order valence-electron chi connectivity index (χ4n) is 3.76. The Morgan fingerprint density at radius 1 is 1.10 bits per heavy atom. The minimum Gasteiger partial charge on any atom is -0.379 e. The maximum Gasteiger partial charge on any atom is 0.150 e. The van der Waals surface area contributed by atoms with Crippen molar-refractivity contribution < 1.29 is 8.78 Å². The van der Waals surface area contributed by atoms with Gasteiger partial charge in [-0.2, -0.15) is 0 Å². The summed E-state index contributed by atoms with van der Waals surface area (Å²) >= 11 is 3.27. The summed E-state index contributed by atoms with van der Waals surface area (Å²) in [5, 5.41) is 6.92. The van der Waals surface area contributed by atoms with Gasteiger partial charge in [-0.25, -0.2) is 8.78 Å². The zero-order chi connectivity index (χ0) is 14.8. The molecule has 1 aromatic rings. The molecule has 2 fully saturated rings. The third kappa shape index (κ3) is 3.39. The van der Waals surface area contributed by atoms with Gasteiger partial charge in [0.2, 0.25) is 0 Å². The molecule has 116 valence electrons. The highest BCUT2D eigenvalue weighted by atomic mass is 79.9. The van der Waals surface area contributed by atoms with Crippen molar-refractivity contribution in [2.24, 2.45) is 5.92 Å². The van der Waals surface area contributed by atoms with E-state index in [1.165, 1.54) is 38.2 Å². The van der Waals surface area contributed by atoms with Crippen LogP contribution in [0.4, 0.5) is 14.5 Å². The molecule has 0 amide bonds. The van der Waals surface area contributed by atoms with Gasteiger partial charge in [-0.05, 0) is 60.1 Å². The van der Waals surface area contributed by atoms with E-state index in [4.69, 9.17) is 0 Å². The van der Waals surface area contributed by atoms with Crippen molar-refractivity contribution >= 4 is 21.6 Å². The van der Waals surface area contributed by atoms with E-state index in [1.807, 2.05) is 0 Å². The Hall–Kier alpha value is -0.680. The minimum absolute atomic E-state index is 0.255. The Bertz CT molecular complexity index is 480. The third-order valence-corrected chi connectivity index (χ3v) is 5.40. The summed E-state index contributed by atoms with van der Waals surface area (Å²) in [6.07, 6.45) is 7.07. The maximum absolute atomic E-state index is 14.0. The van der Waals surface area contributed by atoms with E-state index in [0.717, 1.165) is 19.0 Å². The van der Waals surface area contributed by atoms with Crippen molar-refractivity contribution in [2.45, 2.75) is 50.6 Å². The molecule has 0 bridgehead atoms. The summed E-state index contributed by atoms with van der Waals surface area (Å²) in [4.78, 5) is 0. The second-order valence-corrected chi connectivity index (χ2v) is 7.00. The van der Waals surface area contributed by atoms with E-state index in [0.29, 0.717) is 22.1 Å². The Morgan fingerprint density at radius 3 is 2.62 bits per heavy atom. The van der Waals surface area contributed by atoms with Crippen molar-refractivity contribution in [3.63, 3.8) is 0 Å². The molecule has 2 aliphatic rings. The second-order valence-electron chi connectivity index (χ2n) is 6.15.